The number of likely N-dealkylation sites (tertiary alicyclic amines) is 1. The van der Waals surface area contributed by atoms with Crippen LogP contribution in [0.4, 0.5) is 0 Å². The Balaban J connectivity index is 1.73. The van der Waals surface area contributed by atoms with Gasteiger partial charge in [-0.3, -0.25) is 4.79 Å². The molecule has 5 heteroatoms. The smallest absolute Gasteiger partial charge is 0.270 e. The molecule has 0 bridgehead atoms. The third-order valence-electron chi connectivity index (χ3n) is 4.39. The molecular formula is C18H17BrN2OS. The minimum Gasteiger partial charge on any atom is -0.337 e. The Kier molecular flexibility index (Phi) is 3.99. The van der Waals surface area contributed by atoms with E-state index in [2.05, 4.69) is 50.1 Å². The summed E-state index contributed by atoms with van der Waals surface area (Å²) in [4.78, 5) is 14.9. The average molecular weight is 389 g/mol. The predicted octanol–water partition coefficient (Wildman–Crippen LogP) is 4.75. The largest absolute Gasteiger partial charge is 0.337 e. The number of hydrogen-bond donors (Lipinski definition) is 0. The highest BCUT2D eigenvalue weighted by atomic mass is 79.9. The average Bonchev–Trinajstić information content (AvgIpc) is 3.27. The molecule has 3 nitrogen and oxygen atoms in total. The fourth-order valence-electron chi connectivity index (χ4n) is 3.18. The summed E-state index contributed by atoms with van der Waals surface area (Å²) in [6.07, 6.45) is 2.24. The van der Waals surface area contributed by atoms with E-state index in [0.717, 1.165) is 48.2 Å². The lowest BCUT2D eigenvalue weighted by Crippen LogP contribution is -2.29. The minimum atomic E-state index is 0.169. The topological polar surface area (TPSA) is 25.2 Å². The van der Waals surface area contributed by atoms with Crippen molar-refractivity contribution in [2.24, 2.45) is 0 Å². The lowest BCUT2D eigenvalue weighted by Gasteiger charge is -2.17. The normalized spacial score (nSPS) is 14.7. The predicted molar refractivity (Wildman–Crippen MR) is 98.2 cm³/mol. The number of fused-ring (bicyclic) bond motifs is 1. The van der Waals surface area contributed by atoms with Gasteiger partial charge in [-0.2, -0.15) is 0 Å². The van der Waals surface area contributed by atoms with Gasteiger partial charge in [-0.15, -0.1) is 11.3 Å². The highest BCUT2D eigenvalue weighted by molar-refractivity contribution is 9.10. The van der Waals surface area contributed by atoms with Crippen molar-refractivity contribution >= 4 is 43.4 Å². The summed E-state index contributed by atoms with van der Waals surface area (Å²) in [5.74, 6) is 0.169. The molecule has 0 saturated carbocycles. The van der Waals surface area contributed by atoms with Crippen LogP contribution in [0.25, 0.3) is 10.2 Å². The first kappa shape index (κ1) is 15.0. The fourth-order valence-corrected chi connectivity index (χ4v) is 4.27. The second kappa shape index (κ2) is 6.13. The van der Waals surface area contributed by atoms with Gasteiger partial charge in [0.1, 0.15) is 5.69 Å². The molecule has 1 amide bonds. The molecular weight excluding hydrogens is 372 g/mol. The van der Waals surface area contributed by atoms with Gasteiger partial charge in [0.2, 0.25) is 0 Å². The maximum atomic E-state index is 12.9. The number of amides is 1. The molecule has 2 aromatic heterocycles. The molecule has 1 aromatic carbocycles. The van der Waals surface area contributed by atoms with E-state index in [1.54, 1.807) is 11.3 Å². The molecule has 118 valence electrons. The first-order valence-electron chi connectivity index (χ1n) is 7.83. The van der Waals surface area contributed by atoms with Gasteiger partial charge in [-0.1, -0.05) is 28.1 Å². The summed E-state index contributed by atoms with van der Waals surface area (Å²) in [5.41, 5.74) is 3.17. The van der Waals surface area contributed by atoms with Crippen LogP contribution in [0.2, 0.25) is 0 Å². The van der Waals surface area contributed by atoms with Crippen molar-refractivity contribution in [3.8, 4) is 0 Å². The van der Waals surface area contributed by atoms with E-state index in [-0.39, 0.29) is 5.91 Å². The first-order chi connectivity index (χ1) is 11.2. The molecule has 4 rings (SSSR count). The van der Waals surface area contributed by atoms with E-state index in [0.29, 0.717) is 0 Å². The highest BCUT2D eigenvalue weighted by Crippen LogP contribution is 2.28. The van der Waals surface area contributed by atoms with Crippen molar-refractivity contribution in [1.82, 2.24) is 9.47 Å². The number of aromatic nitrogens is 1. The highest BCUT2D eigenvalue weighted by Gasteiger charge is 2.24. The number of benzene rings is 1. The van der Waals surface area contributed by atoms with E-state index in [4.69, 9.17) is 0 Å². The Morgan fingerprint density at radius 1 is 1.13 bits per heavy atom. The Morgan fingerprint density at radius 2 is 1.87 bits per heavy atom. The maximum Gasteiger partial charge on any atom is 0.270 e. The summed E-state index contributed by atoms with van der Waals surface area (Å²) < 4.78 is 4.42. The van der Waals surface area contributed by atoms with Crippen molar-refractivity contribution < 1.29 is 4.79 Å². The maximum absolute atomic E-state index is 12.9. The number of hydrogen-bond acceptors (Lipinski definition) is 2. The third kappa shape index (κ3) is 2.83. The van der Waals surface area contributed by atoms with Crippen molar-refractivity contribution in [2.75, 3.05) is 13.1 Å². The van der Waals surface area contributed by atoms with E-state index in [9.17, 15) is 4.79 Å². The number of halogens is 1. The molecule has 3 aromatic rings. The van der Waals surface area contributed by atoms with Crippen molar-refractivity contribution in [3.05, 3.63) is 57.5 Å². The fraction of sp³-hybridized carbons (Fsp3) is 0.278. The lowest BCUT2D eigenvalue weighted by molar-refractivity contribution is 0.0783. The van der Waals surface area contributed by atoms with Gasteiger partial charge in [0.25, 0.3) is 5.91 Å². The molecule has 0 radical (unpaired) electrons. The molecule has 1 aliphatic heterocycles. The summed E-state index contributed by atoms with van der Waals surface area (Å²) in [5, 5.41) is 2.09. The zero-order valence-electron chi connectivity index (χ0n) is 12.7. The molecule has 0 atom stereocenters. The first-order valence-corrected chi connectivity index (χ1v) is 9.50. The van der Waals surface area contributed by atoms with Crippen LogP contribution in [-0.4, -0.2) is 28.5 Å². The molecule has 1 aliphatic rings. The van der Waals surface area contributed by atoms with Crippen LogP contribution in [0.3, 0.4) is 0 Å². The van der Waals surface area contributed by atoms with E-state index < -0.39 is 0 Å². The number of carbonyl (C=O) groups excluding carboxylic acids is 1. The summed E-state index contributed by atoms with van der Waals surface area (Å²) in [6.45, 7) is 2.49. The Hall–Kier alpha value is -1.59. The quantitative estimate of drug-likeness (QED) is 0.635. The van der Waals surface area contributed by atoms with E-state index in [1.807, 2.05) is 17.0 Å². The summed E-state index contributed by atoms with van der Waals surface area (Å²) >= 11 is 5.17. The zero-order valence-corrected chi connectivity index (χ0v) is 15.1. The van der Waals surface area contributed by atoms with Gasteiger partial charge < -0.3 is 9.47 Å². The van der Waals surface area contributed by atoms with Gasteiger partial charge in [-0.25, -0.2) is 0 Å². The zero-order chi connectivity index (χ0) is 15.8. The SMILES string of the molecule is O=C(c1cc2sccc2n1Cc1ccc(Br)cc1)N1CCCC1. The second-order valence-electron chi connectivity index (χ2n) is 5.91. The van der Waals surface area contributed by atoms with Crippen LogP contribution in [0, 0.1) is 0 Å². The molecule has 0 spiro atoms. The van der Waals surface area contributed by atoms with E-state index >= 15 is 0 Å². The third-order valence-corrected chi connectivity index (χ3v) is 5.77. The van der Waals surface area contributed by atoms with Gasteiger partial charge in [0, 0.05) is 24.1 Å². The summed E-state index contributed by atoms with van der Waals surface area (Å²) in [7, 11) is 0. The molecule has 1 saturated heterocycles. The Labute approximate surface area is 147 Å². The van der Waals surface area contributed by atoms with Crippen molar-refractivity contribution in [2.45, 2.75) is 19.4 Å². The molecule has 0 unspecified atom stereocenters. The van der Waals surface area contributed by atoms with Crippen LogP contribution in [0.15, 0.2) is 46.3 Å². The van der Waals surface area contributed by atoms with Crippen LogP contribution in [-0.2, 0) is 6.54 Å². The number of carbonyl (C=O) groups is 1. The number of rotatable bonds is 3. The molecule has 3 heterocycles. The van der Waals surface area contributed by atoms with Crippen LogP contribution in [0.1, 0.15) is 28.9 Å². The summed E-state index contributed by atoms with van der Waals surface area (Å²) in [6, 6.07) is 12.5. The van der Waals surface area contributed by atoms with Crippen molar-refractivity contribution in [3.63, 3.8) is 0 Å². The number of thiophene rings is 1. The monoisotopic (exact) mass is 388 g/mol. The standard InChI is InChI=1S/C18H17BrN2OS/c19-14-5-3-13(4-6-14)12-21-15-7-10-23-17(15)11-16(21)18(22)20-8-1-2-9-20/h3-7,10-11H,1-2,8-9,12H2. The van der Waals surface area contributed by atoms with Gasteiger partial charge >= 0.3 is 0 Å². The molecule has 23 heavy (non-hydrogen) atoms. The van der Waals surface area contributed by atoms with Crippen molar-refractivity contribution in [1.29, 1.82) is 0 Å². The van der Waals surface area contributed by atoms with Gasteiger partial charge in [-0.05, 0) is 48.1 Å². The molecule has 1 fully saturated rings. The Morgan fingerprint density at radius 3 is 2.61 bits per heavy atom. The van der Waals surface area contributed by atoms with Gasteiger partial charge in [0.15, 0.2) is 0 Å². The van der Waals surface area contributed by atoms with Crippen LogP contribution >= 0.6 is 27.3 Å². The lowest BCUT2D eigenvalue weighted by atomic mass is 10.2. The van der Waals surface area contributed by atoms with Crippen LogP contribution < -0.4 is 0 Å². The van der Waals surface area contributed by atoms with Gasteiger partial charge in [0.05, 0.1) is 10.2 Å². The van der Waals surface area contributed by atoms with Crippen LogP contribution in [0.5, 0.6) is 0 Å². The molecule has 0 aliphatic carbocycles. The van der Waals surface area contributed by atoms with E-state index in [1.165, 1.54) is 10.3 Å². The Bertz CT molecular complexity index is 844. The number of nitrogens with zero attached hydrogens (tertiary/aromatic N) is 2. The minimum absolute atomic E-state index is 0.169. The second-order valence-corrected chi connectivity index (χ2v) is 7.77. The molecule has 0 N–H and O–H groups in total.